The molecule has 6 heteroatoms. The average molecular weight is 366 g/mol. The topological polar surface area (TPSA) is 49.3 Å². The Morgan fingerprint density at radius 3 is 2.58 bits per heavy atom. The van der Waals surface area contributed by atoms with Crippen LogP contribution < -0.4 is 4.90 Å². The van der Waals surface area contributed by atoms with Crippen molar-refractivity contribution in [3.63, 3.8) is 0 Å². The van der Waals surface area contributed by atoms with Crippen molar-refractivity contribution in [1.29, 1.82) is 0 Å². The fourth-order valence-corrected chi connectivity index (χ4v) is 4.18. The van der Waals surface area contributed by atoms with Crippen LogP contribution in [0.15, 0.2) is 41.8 Å². The summed E-state index contributed by atoms with van der Waals surface area (Å²) in [4.78, 5) is 27.0. The number of hydrogen-bond acceptors (Lipinski definition) is 5. The summed E-state index contributed by atoms with van der Waals surface area (Å²) in [5, 5.41) is 3.12. The summed E-state index contributed by atoms with van der Waals surface area (Å²) >= 11 is 1.65. The van der Waals surface area contributed by atoms with Crippen molar-refractivity contribution >= 4 is 34.0 Å². The second-order valence-corrected chi connectivity index (χ2v) is 7.81. The number of nitrogens with zero attached hydrogens (tertiary/aromatic N) is 4. The van der Waals surface area contributed by atoms with E-state index in [1.54, 1.807) is 16.2 Å². The Bertz CT molecular complexity index is 915. The second kappa shape index (κ2) is 7.03. The zero-order chi connectivity index (χ0) is 18.1. The van der Waals surface area contributed by atoms with Gasteiger partial charge in [-0.1, -0.05) is 18.2 Å². The van der Waals surface area contributed by atoms with Crippen LogP contribution in [0.4, 0.5) is 5.82 Å². The van der Waals surface area contributed by atoms with Gasteiger partial charge in [0.2, 0.25) is 5.91 Å². The van der Waals surface area contributed by atoms with Crippen molar-refractivity contribution in [2.45, 2.75) is 12.8 Å². The summed E-state index contributed by atoms with van der Waals surface area (Å²) in [7, 11) is 3.67. The van der Waals surface area contributed by atoms with Crippen LogP contribution in [0.2, 0.25) is 0 Å². The van der Waals surface area contributed by atoms with Crippen LogP contribution in [0.5, 0.6) is 0 Å². The van der Waals surface area contributed by atoms with E-state index in [9.17, 15) is 4.79 Å². The van der Waals surface area contributed by atoms with Crippen molar-refractivity contribution < 1.29 is 4.79 Å². The first kappa shape index (κ1) is 17.0. The molecule has 0 N–H and O–H groups in total. The van der Waals surface area contributed by atoms with Crippen LogP contribution in [-0.4, -0.2) is 48.0 Å². The van der Waals surface area contributed by atoms with Crippen LogP contribution in [0.25, 0.3) is 21.6 Å². The highest BCUT2D eigenvalue weighted by Gasteiger charge is 2.27. The van der Waals surface area contributed by atoms with Crippen molar-refractivity contribution in [3.8, 4) is 10.7 Å². The maximum Gasteiger partial charge on any atom is 0.225 e. The third-order valence-corrected chi connectivity index (χ3v) is 5.77. The Morgan fingerprint density at radius 2 is 1.88 bits per heavy atom. The first-order chi connectivity index (χ1) is 12.6. The molecule has 1 amide bonds. The van der Waals surface area contributed by atoms with E-state index in [1.807, 2.05) is 43.7 Å². The van der Waals surface area contributed by atoms with E-state index in [-0.39, 0.29) is 11.8 Å². The normalized spacial score (nSPS) is 15.4. The minimum absolute atomic E-state index is 0.117. The molecule has 3 aromatic rings. The highest BCUT2D eigenvalue weighted by Crippen LogP contribution is 2.31. The van der Waals surface area contributed by atoms with Crippen molar-refractivity contribution in [2.75, 3.05) is 32.1 Å². The number of piperidine rings is 1. The highest BCUT2D eigenvalue weighted by molar-refractivity contribution is 7.13. The SMILES string of the molecule is CN(C)C(=O)C1CCN(c2nc(-c3cccs3)nc3ccccc23)CC1. The van der Waals surface area contributed by atoms with Gasteiger partial charge >= 0.3 is 0 Å². The standard InChI is InChI=1S/C20H22N4OS/c1-23(2)20(25)14-9-11-24(12-10-14)19-15-6-3-4-7-16(15)21-18(22-19)17-8-5-13-26-17/h3-8,13-14H,9-12H2,1-2H3. The molecule has 1 saturated heterocycles. The van der Waals surface area contributed by atoms with Crippen molar-refractivity contribution in [1.82, 2.24) is 14.9 Å². The molecule has 0 atom stereocenters. The van der Waals surface area contributed by atoms with E-state index in [0.29, 0.717) is 0 Å². The van der Waals surface area contributed by atoms with E-state index >= 15 is 0 Å². The van der Waals surface area contributed by atoms with Gasteiger partial charge < -0.3 is 9.80 Å². The van der Waals surface area contributed by atoms with Crippen LogP contribution >= 0.6 is 11.3 Å². The molecule has 0 unspecified atom stereocenters. The lowest BCUT2D eigenvalue weighted by molar-refractivity contribution is -0.133. The number of fused-ring (bicyclic) bond motifs is 1. The average Bonchev–Trinajstić information content (AvgIpc) is 3.21. The number of rotatable bonds is 3. The van der Waals surface area contributed by atoms with Gasteiger partial charge in [0, 0.05) is 38.5 Å². The van der Waals surface area contributed by atoms with Gasteiger partial charge in [0.25, 0.3) is 0 Å². The molecular weight excluding hydrogens is 344 g/mol. The zero-order valence-electron chi connectivity index (χ0n) is 15.1. The molecule has 1 fully saturated rings. The molecule has 0 spiro atoms. The Kier molecular flexibility index (Phi) is 4.59. The molecule has 1 aromatic carbocycles. The molecule has 1 aliphatic rings. The molecule has 0 radical (unpaired) electrons. The molecule has 3 heterocycles. The molecule has 2 aromatic heterocycles. The minimum Gasteiger partial charge on any atom is -0.356 e. The lowest BCUT2D eigenvalue weighted by Crippen LogP contribution is -2.40. The predicted octanol–water partition coefficient (Wildman–Crippen LogP) is 3.66. The summed E-state index contributed by atoms with van der Waals surface area (Å²) in [5.74, 6) is 2.11. The number of thiophene rings is 1. The van der Waals surface area contributed by atoms with E-state index < -0.39 is 0 Å². The Balaban J connectivity index is 1.67. The maximum atomic E-state index is 12.2. The van der Waals surface area contributed by atoms with Gasteiger partial charge in [-0.15, -0.1) is 11.3 Å². The number of aromatic nitrogens is 2. The van der Waals surface area contributed by atoms with Gasteiger partial charge in [-0.2, -0.15) is 0 Å². The Hall–Kier alpha value is -2.47. The Labute approximate surface area is 157 Å². The molecule has 1 aliphatic heterocycles. The summed E-state index contributed by atoms with van der Waals surface area (Å²) in [5.41, 5.74) is 0.965. The van der Waals surface area contributed by atoms with E-state index in [0.717, 1.165) is 53.4 Å². The summed E-state index contributed by atoms with van der Waals surface area (Å²) in [6, 6.07) is 12.2. The molecule has 4 rings (SSSR count). The second-order valence-electron chi connectivity index (χ2n) is 6.86. The fraction of sp³-hybridized carbons (Fsp3) is 0.350. The van der Waals surface area contributed by atoms with Gasteiger partial charge in [0.15, 0.2) is 5.82 Å². The van der Waals surface area contributed by atoms with Crippen LogP contribution in [0.1, 0.15) is 12.8 Å². The molecular formula is C20H22N4OS. The van der Waals surface area contributed by atoms with Crippen LogP contribution in [-0.2, 0) is 4.79 Å². The quantitative estimate of drug-likeness (QED) is 0.710. The van der Waals surface area contributed by atoms with Gasteiger partial charge in [0.05, 0.1) is 10.4 Å². The van der Waals surface area contributed by atoms with Crippen LogP contribution in [0.3, 0.4) is 0 Å². The zero-order valence-corrected chi connectivity index (χ0v) is 15.9. The molecule has 134 valence electrons. The number of carbonyl (C=O) groups is 1. The van der Waals surface area contributed by atoms with Crippen molar-refractivity contribution in [3.05, 3.63) is 41.8 Å². The maximum absolute atomic E-state index is 12.2. The van der Waals surface area contributed by atoms with E-state index in [4.69, 9.17) is 9.97 Å². The largest absolute Gasteiger partial charge is 0.356 e. The summed E-state index contributed by atoms with van der Waals surface area (Å²) in [6.07, 6.45) is 1.73. The summed E-state index contributed by atoms with van der Waals surface area (Å²) in [6.45, 7) is 1.68. The number of hydrogen-bond donors (Lipinski definition) is 0. The number of carbonyl (C=O) groups excluding carboxylic acids is 1. The molecule has 0 aliphatic carbocycles. The lowest BCUT2D eigenvalue weighted by Gasteiger charge is -2.33. The summed E-state index contributed by atoms with van der Waals surface area (Å²) < 4.78 is 0. The molecule has 5 nitrogen and oxygen atoms in total. The van der Waals surface area contributed by atoms with Gasteiger partial charge in [-0.05, 0) is 36.4 Å². The first-order valence-corrected chi connectivity index (χ1v) is 9.78. The Morgan fingerprint density at radius 1 is 1.12 bits per heavy atom. The number of para-hydroxylation sites is 1. The molecule has 26 heavy (non-hydrogen) atoms. The smallest absolute Gasteiger partial charge is 0.225 e. The third kappa shape index (κ3) is 3.17. The highest BCUT2D eigenvalue weighted by atomic mass is 32.1. The lowest BCUT2D eigenvalue weighted by atomic mass is 9.95. The van der Waals surface area contributed by atoms with Crippen molar-refractivity contribution in [2.24, 2.45) is 5.92 Å². The predicted molar refractivity (Wildman–Crippen MR) is 106 cm³/mol. The van der Waals surface area contributed by atoms with E-state index in [1.165, 1.54) is 0 Å². The number of benzene rings is 1. The molecule has 0 saturated carbocycles. The number of anilines is 1. The van der Waals surface area contributed by atoms with Gasteiger partial charge in [-0.3, -0.25) is 4.79 Å². The van der Waals surface area contributed by atoms with Gasteiger partial charge in [-0.25, -0.2) is 9.97 Å². The van der Waals surface area contributed by atoms with E-state index in [2.05, 4.69) is 17.0 Å². The fourth-order valence-electron chi connectivity index (χ4n) is 3.52. The first-order valence-electron chi connectivity index (χ1n) is 8.90. The number of amides is 1. The minimum atomic E-state index is 0.117. The monoisotopic (exact) mass is 366 g/mol. The molecule has 0 bridgehead atoms. The third-order valence-electron chi connectivity index (χ3n) is 4.91. The van der Waals surface area contributed by atoms with Crippen LogP contribution in [0, 0.1) is 5.92 Å². The van der Waals surface area contributed by atoms with Gasteiger partial charge in [0.1, 0.15) is 5.82 Å².